The molecule has 1 aromatic carbocycles. The molecule has 0 aliphatic carbocycles. The highest BCUT2D eigenvalue weighted by molar-refractivity contribution is 8.00. The molecule has 0 unspecified atom stereocenters. The highest BCUT2D eigenvalue weighted by Gasteiger charge is 2.37. The van der Waals surface area contributed by atoms with Crippen molar-refractivity contribution < 1.29 is 26.3 Å². The fourth-order valence-electron chi connectivity index (χ4n) is 2.50. The molecule has 30 heavy (non-hydrogen) atoms. The quantitative estimate of drug-likeness (QED) is 0.245. The number of rotatable bonds is 6. The molecule has 1 heterocycles. The Balaban J connectivity index is 2.78. The van der Waals surface area contributed by atoms with Gasteiger partial charge in [-0.1, -0.05) is 23.2 Å². The lowest BCUT2D eigenvalue weighted by atomic mass is 10.2. The lowest BCUT2D eigenvalue weighted by Gasteiger charge is -2.23. The molecule has 4 nitrogen and oxygen atoms in total. The number of aromatic nitrogens is 2. The van der Waals surface area contributed by atoms with Crippen molar-refractivity contribution in [2.75, 3.05) is 24.4 Å². The minimum Gasteiger partial charge on any atom is -0.359 e. The van der Waals surface area contributed by atoms with E-state index in [9.17, 15) is 31.6 Å². The lowest BCUT2D eigenvalue weighted by Crippen LogP contribution is -2.23. The van der Waals surface area contributed by atoms with Gasteiger partial charge in [0.1, 0.15) is 17.6 Å². The maximum atomic E-state index is 13.1. The van der Waals surface area contributed by atoms with Crippen LogP contribution in [0.1, 0.15) is 17.7 Å². The third-order valence-electron chi connectivity index (χ3n) is 3.69. The van der Waals surface area contributed by atoms with Crippen molar-refractivity contribution in [1.29, 1.82) is 5.26 Å². The van der Waals surface area contributed by atoms with E-state index < -0.39 is 49.6 Å². The van der Waals surface area contributed by atoms with Crippen LogP contribution < -0.4 is 4.90 Å². The second-order valence-electron chi connectivity index (χ2n) is 5.82. The largest absolute Gasteiger partial charge is 0.446 e. The normalized spacial score (nSPS) is 12.2. The zero-order chi connectivity index (χ0) is 22.9. The van der Waals surface area contributed by atoms with Gasteiger partial charge in [-0.05, 0) is 30.3 Å². The molecule has 0 bridgehead atoms. The van der Waals surface area contributed by atoms with E-state index in [4.69, 9.17) is 34.8 Å². The van der Waals surface area contributed by atoms with Crippen molar-refractivity contribution in [2.24, 2.45) is 0 Å². The Kier molecular flexibility index (Phi) is 7.72. The van der Waals surface area contributed by atoms with Gasteiger partial charge < -0.3 is 4.90 Å². The molecule has 0 fully saturated rings. The molecule has 0 saturated heterocycles. The van der Waals surface area contributed by atoms with Crippen LogP contribution in [0.3, 0.4) is 0 Å². The fourth-order valence-corrected chi connectivity index (χ4v) is 4.02. The van der Waals surface area contributed by atoms with Crippen LogP contribution in [0.25, 0.3) is 5.69 Å². The highest BCUT2D eigenvalue weighted by Crippen LogP contribution is 2.46. The minimum atomic E-state index is -4.75. The molecule has 0 radical (unpaired) electrons. The molecule has 0 amide bonds. The summed E-state index contributed by atoms with van der Waals surface area (Å²) in [6.07, 6.45) is -4.37. The lowest BCUT2D eigenvalue weighted by molar-refractivity contribution is -0.137. The number of anilines is 1. The van der Waals surface area contributed by atoms with Crippen molar-refractivity contribution in [3.05, 3.63) is 33.4 Å². The molecule has 0 atom stereocenters. The Morgan fingerprint density at radius 2 is 1.73 bits per heavy atom. The molecule has 0 spiro atoms. The van der Waals surface area contributed by atoms with E-state index in [-0.39, 0.29) is 23.9 Å². The number of nitrogens with zero attached hydrogens (tertiary/aromatic N) is 4. The van der Waals surface area contributed by atoms with Gasteiger partial charge in [0.2, 0.25) is 0 Å². The van der Waals surface area contributed by atoms with Crippen molar-refractivity contribution in [3.8, 4) is 11.8 Å². The number of nitriles is 1. The SMILES string of the molecule is CN(CCCCl)c1c(SC(F)(F)F)c(C#N)nn1-c1c(Cl)cc(C(F)(F)F)cc1Cl. The standard InChI is InChI=1S/C16H11Cl3F6N4S/c1-28(4-2-3-17)14-13(30-16(23,24)25)11(7-26)27-29(14)12-9(18)5-8(6-10(12)19)15(20,21)22/h5-6H,2-4H2,1H3. The van der Waals surface area contributed by atoms with E-state index in [0.29, 0.717) is 18.6 Å². The molecule has 14 heteroatoms. The van der Waals surface area contributed by atoms with Gasteiger partial charge in [0.25, 0.3) is 0 Å². The van der Waals surface area contributed by atoms with Crippen LogP contribution in [-0.2, 0) is 6.18 Å². The predicted octanol–water partition coefficient (Wildman–Crippen LogP) is 6.75. The van der Waals surface area contributed by atoms with Crippen molar-refractivity contribution in [1.82, 2.24) is 9.78 Å². The molecular formula is C16H11Cl3F6N4S. The van der Waals surface area contributed by atoms with Gasteiger partial charge in [0.05, 0.1) is 20.5 Å². The van der Waals surface area contributed by atoms with Crippen LogP contribution in [0.15, 0.2) is 17.0 Å². The second-order valence-corrected chi connectivity index (χ2v) is 8.09. The second kappa shape index (κ2) is 9.34. The summed E-state index contributed by atoms with van der Waals surface area (Å²) >= 11 is 17.1. The summed E-state index contributed by atoms with van der Waals surface area (Å²) < 4.78 is 79.2. The van der Waals surface area contributed by atoms with Crippen LogP contribution in [0, 0.1) is 11.3 Å². The molecular weight excluding hydrogens is 501 g/mol. The zero-order valence-electron chi connectivity index (χ0n) is 14.9. The third-order valence-corrected chi connectivity index (χ3v) is 5.34. The average Bonchev–Trinajstić information content (AvgIpc) is 2.94. The topological polar surface area (TPSA) is 44.9 Å². The highest BCUT2D eigenvalue weighted by atomic mass is 35.5. The molecule has 2 rings (SSSR count). The monoisotopic (exact) mass is 510 g/mol. The molecule has 0 aliphatic rings. The minimum absolute atomic E-state index is 0.168. The van der Waals surface area contributed by atoms with Gasteiger partial charge >= 0.3 is 11.7 Å². The number of hydrogen-bond donors (Lipinski definition) is 0. The summed E-state index contributed by atoms with van der Waals surface area (Å²) in [4.78, 5) is 0.809. The van der Waals surface area contributed by atoms with Crippen molar-refractivity contribution in [3.63, 3.8) is 0 Å². The zero-order valence-corrected chi connectivity index (χ0v) is 18.0. The van der Waals surface area contributed by atoms with Crippen LogP contribution >= 0.6 is 46.6 Å². The summed E-state index contributed by atoms with van der Waals surface area (Å²) in [6, 6.07) is 2.72. The Labute approximate surface area is 186 Å². The van der Waals surface area contributed by atoms with Crippen LogP contribution in [0.4, 0.5) is 32.2 Å². The van der Waals surface area contributed by atoms with Gasteiger partial charge in [-0.15, -0.1) is 11.6 Å². The van der Waals surface area contributed by atoms with Crippen LogP contribution in [0.5, 0.6) is 0 Å². The van der Waals surface area contributed by atoms with Gasteiger partial charge in [-0.2, -0.15) is 36.7 Å². The molecule has 0 saturated carbocycles. The molecule has 2 aromatic rings. The van der Waals surface area contributed by atoms with Crippen molar-refractivity contribution in [2.45, 2.75) is 23.0 Å². The summed E-state index contributed by atoms with van der Waals surface area (Å²) in [7, 11) is 1.42. The number of alkyl halides is 7. The average molecular weight is 512 g/mol. The first kappa shape index (κ1) is 24.8. The van der Waals surface area contributed by atoms with E-state index >= 15 is 0 Å². The van der Waals surface area contributed by atoms with E-state index in [1.165, 1.54) is 11.9 Å². The predicted molar refractivity (Wildman–Crippen MR) is 104 cm³/mol. The Morgan fingerprint density at radius 3 is 2.17 bits per heavy atom. The van der Waals surface area contributed by atoms with E-state index in [2.05, 4.69) is 5.10 Å². The summed E-state index contributed by atoms with van der Waals surface area (Å²) in [5.74, 6) is -0.00446. The summed E-state index contributed by atoms with van der Waals surface area (Å²) in [5, 5.41) is 12.1. The Morgan fingerprint density at radius 1 is 1.17 bits per heavy atom. The van der Waals surface area contributed by atoms with Gasteiger partial charge in [0.15, 0.2) is 5.69 Å². The van der Waals surface area contributed by atoms with E-state index in [0.717, 1.165) is 4.68 Å². The van der Waals surface area contributed by atoms with Crippen molar-refractivity contribution >= 4 is 52.4 Å². The smallest absolute Gasteiger partial charge is 0.359 e. The summed E-state index contributed by atoms with van der Waals surface area (Å²) in [5.41, 5.74) is -6.77. The van der Waals surface area contributed by atoms with E-state index in [1.807, 2.05) is 0 Å². The molecule has 0 N–H and O–H groups in total. The van der Waals surface area contributed by atoms with E-state index in [1.54, 1.807) is 6.07 Å². The summed E-state index contributed by atoms with van der Waals surface area (Å²) in [6.45, 7) is 0.168. The number of benzene rings is 1. The Bertz CT molecular complexity index is 945. The Hall–Kier alpha value is -1.48. The molecule has 164 valence electrons. The van der Waals surface area contributed by atoms with Gasteiger partial charge in [0, 0.05) is 19.5 Å². The molecule has 0 aliphatic heterocycles. The number of halogens is 9. The number of thioether (sulfide) groups is 1. The van der Waals surface area contributed by atoms with Gasteiger partial charge in [-0.3, -0.25) is 0 Å². The number of hydrogen-bond acceptors (Lipinski definition) is 4. The van der Waals surface area contributed by atoms with Gasteiger partial charge in [-0.25, -0.2) is 4.68 Å². The fraction of sp³-hybridized carbons (Fsp3) is 0.375. The van der Waals surface area contributed by atoms with Crippen LogP contribution in [-0.4, -0.2) is 34.8 Å². The maximum Gasteiger partial charge on any atom is 0.446 e. The maximum absolute atomic E-state index is 13.1. The molecule has 1 aromatic heterocycles. The third kappa shape index (κ3) is 5.60. The first-order chi connectivity index (χ1) is 13.8. The first-order valence-electron chi connectivity index (χ1n) is 7.92. The first-order valence-corrected chi connectivity index (χ1v) is 10.0. The van der Waals surface area contributed by atoms with Crippen LogP contribution in [0.2, 0.25) is 10.0 Å².